The Morgan fingerprint density at radius 1 is 1.44 bits per heavy atom. The molecule has 5 nitrogen and oxygen atoms in total. The van der Waals surface area contributed by atoms with Crippen molar-refractivity contribution in [2.75, 3.05) is 7.11 Å². The van der Waals surface area contributed by atoms with Gasteiger partial charge in [-0.25, -0.2) is 0 Å². The maximum atomic E-state index is 11.2. The number of methoxy groups -OCH3 is 1. The van der Waals surface area contributed by atoms with Crippen LogP contribution in [-0.4, -0.2) is 28.2 Å². The van der Waals surface area contributed by atoms with Gasteiger partial charge in [0.05, 0.1) is 19.4 Å². The molecule has 0 unspecified atom stereocenters. The zero-order chi connectivity index (χ0) is 13.1. The molecule has 94 valence electrons. The molecular formula is C13H14N2O3. The van der Waals surface area contributed by atoms with Crippen molar-refractivity contribution in [2.24, 2.45) is 0 Å². The molecule has 5 heteroatoms. The Bertz CT molecular complexity index is 575. The molecule has 0 radical (unpaired) electrons. The van der Waals surface area contributed by atoms with Crippen LogP contribution >= 0.6 is 0 Å². The summed E-state index contributed by atoms with van der Waals surface area (Å²) in [6.45, 7) is 1.43. The summed E-state index contributed by atoms with van der Waals surface area (Å²) >= 11 is 0. The number of ether oxygens (including phenoxy) is 1. The largest absolute Gasteiger partial charge is 0.496 e. The highest BCUT2D eigenvalue weighted by atomic mass is 16.5. The van der Waals surface area contributed by atoms with Crippen molar-refractivity contribution >= 4 is 5.78 Å². The van der Waals surface area contributed by atoms with Crippen LogP contribution in [0.15, 0.2) is 24.3 Å². The molecule has 0 aliphatic rings. The van der Waals surface area contributed by atoms with Crippen LogP contribution in [0, 0.1) is 0 Å². The molecule has 0 bridgehead atoms. The van der Waals surface area contributed by atoms with Gasteiger partial charge < -0.3 is 9.84 Å². The number of benzene rings is 1. The molecule has 2 aromatic rings. The summed E-state index contributed by atoms with van der Waals surface area (Å²) in [4.78, 5) is 11.2. The van der Waals surface area contributed by atoms with Crippen molar-refractivity contribution in [1.82, 2.24) is 10.2 Å². The summed E-state index contributed by atoms with van der Waals surface area (Å²) in [6, 6.07) is 7.03. The Balaban J connectivity index is 2.45. The average Bonchev–Trinajstić information content (AvgIpc) is 2.87. The summed E-state index contributed by atoms with van der Waals surface area (Å²) in [6.07, 6.45) is 0. The number of aliphatic hydroxyl groups excluding tert-OH is 1. The highest BCUT2D eigenvalue weighted by molar-refractivity contribution is 5.93. The first-order chi connectivity index (χ1) is 8.65. The van der Waals surface area contributed by atoms with Gasteiger partial charge in [-0.05, 0) is 23.8 Å². The minimum Gasteiger partial charge on any atom is -0.496 e. The number of carbonyl (C=O) groups excluding carboxylic acids is 1. The first-order valence-corrected chi connectivity index (χ1v) is 5.50. The first-order valence-electron chi connectivity index (χ1n) is 5.50. The van der Waals surface area contributed by atoms with Crippen LogP contribution in [0.4, 0.5) is 0 Å². The number of aromatic amines is 1. The van der Waals surface area contributed by atoms with E-state index in [1.807, 2.05) is 6.07 Å². The monoisotopic (exact) mass is 246 g/mol. The summed E-state index contributed by atoms with van der Waals surface area (Å²) in [7, 11) is 1.55. The second-order valence-corrected chi connectivity index (χ2v) is 3.92. The summed E-state index contributed by atoms with van der Waals surface area (Å²) < 4.78 is 5.26. The first kappa shape index (κ1) is 12.3. The third-order valence-electron chi connectivity index (χ3n) is 2.68. The predicted octanol–water partition coefficient (Wildman–Crippen LogP) is 1.78. The van der Waals surface area contributed by atoms with Crippen LogP contribution in [0.5, 0.6) is 5.75 Å². The lowest BCUT2D eigenvalue weighted by Gasteiger charge is -2.07. The second kappa shape index (κ2) is 5.01. The lowest BCUT2D eigenvalue weighted by molar-refractivity contribution is 0.101. The minimum absolute atomic E-state index is 0.0457. The molecule has 0 saturated heterocycles. The van der Waals surface area contributed by atoms with Gasteiger partial charge in [-0.1, -0.05) is 6.07 Å². The van der Waals surface area contributed by atoms with E-state index in [0.29, 0.717) is 17.1 Å². The number of nitrogens with one attached hydrogen (secondary N) is 1. The van der Waals surface area contributed by atoms with E-state index in [1.165, 1.54) is 6.92 Å². The molecule has 2 rings (SSSR count). The Labute approximate surface area is 104 Å². The van der Waals surface area contributed by atoms with Crippen molar-refractivity contribution in [3.8, 4) is 17.0 Å². The van der Waals surface area contributed by atoms with Gasteiger partial charge in [-0.15, -0.1) is 0 Å². The fourth-order valence-electron chi connectivity index (χ4n) is 1.69. The van der Waals surface area contributed by atoms with Gasteiger partial charge in [0.15, 0.2) is 5.78 Å². The van der Waals surface area contributed by atoms with Crippen LogP contribution in [0.25, 0.3) is 11.3 Å². The lowest BCUT2D eigenvalue weighted by Crippen LogP contribution is -1.91. The maximum Gasteiger partial charge on any atom is 0.177 e. The van der Waals surface area contributed by atoms with Gasteiger partial charge in [0.25, 0.3) is 0 Å². The van der Waals surface area contributed by atoms with Crippen LogP contribution in [0.3, 0.4) is 0 Å². The molecule has 0 atom stereocenters. The number of hydrogen-bond donors (Lipinski definition) is 2. The molecule has 1 aromatic heterocycles. The smallest absolute Gasteiger partial charge is 0.177 e. The van der Waals surface area contributed by atoms with Crippen molar-refractivity contribution in [2.45, 2.75) is 13.5 Å². The van der Waals surface area contributed by atoms with Crippen LogP contribution < -0.4 is 4.74 Å². The number of hydrogen-bond acceptors (Lipinski definition) is 4. The zero-order valence-corrected chi connectivity index (χ0v) is 10.2. The van der Waals surface area contributed by atoms with Gasteiger partial charge in [-0.2, -0.15) is 5.10 Å². The Hall–Kier alpha value is -2.14. The molecule has 0 aliphatic carbocycles. The Morgan fingerprint density at radius 2 is 2.22 bits per heavy atom. The predicted molar refractivity (Wildman–Crippen MR) is 66.5 cm³/mol. The molecule has 1 aromatic carbocycles. The summed E-state index contributed by atoms with van der Waals surface area (Å²) in [5.41, 5.74) is 2.64. The summed E-state index contributed by atoms with van der Waals surface area (Å²) in [5, 5.41) is 15.8. The van der Waals surface area contributed by atoms with Gasteiger partial charge in [0.1, 0.15) is 11.4 Å². The van der Waals surface area contributed by atoms with Gasteiger partial charge in [0, 0.05) is 12.5 Å². The van der Waals surface area contributed by atoms with E-state index in [2.05, 4.69) is 10.2 Å². The normalized spacial score (nSPS) is 10.4. The van der Waals surface area contributed by atoms with Crippen LogP contribution in [0.1, 0.15) is 23.0 Å². The third-order valence-corrected chi connectivity index (χ3v) is 2.68. The molecule has 0 saturated carbocycles. The van der Waals surface area contributed by atoms with Gasteiger partial charge in [-0.3, -0.25) is 9.89 Å². The number of Topliss-reactive ketones (excluding diaryl/α,β-unsaturated/α-hetero) is 1. The van der Waals surface area contributed by atoms with Crippen molar-refractivity contribution in [1.29, 1.82) is 0 Å². The number of rotatable bonds is 4. The van der Waals surface area contributed by atoms with Crippen molar-refractivity contribution in [3.63, 3.8) is 0 Å². The van der Waals surface area contributed by atoms with Gasteiger partial charge >= 0.3 is 0 Å². The summed E-state index contributed by atoms with van der Waals surface area (Å²) in [5.74, 6) is 0.544. The topological polar surface area (TPSA) is 75.2 Å². The number of ketones is 1. The zero-order valence-electron chi connectivity index (χ0n) is 10.2. The quantitative estimate of drug-likeness (QED) is 0.806. The van der Waals surface area contributed by atoms with E-state index in [9.17, 15) is 4.79 Å². The van der Waals surface area contributed by atoms with Crippen molar-refractivity contribution < 1.29 is 14.6 Å². The van der Waals surface area contributed by atoms with E-state index < -0.39 is 0 Å². The molecule has 2 N–H and O–H groups in total. The molecule has 0 spiro atoms. The van der Waals surface area contributed by atoms with Crippen LogP contribution in [0.2, 0.25) is 0 Å². The average molecular weight is 246 g/mol. The highest BCUT2D eigenvalue weighted by Gasteiger charge is 2.12. The fraction of sp³-hybridized carbons (Fsp3) is 0.231. The van der Waals surface area contributed by atoms with Gasteiger partial charge in [0.2, 0.25) is 0 Å². The molecule has 1 heterocycles. The maximum absolute atomic E-state index is 11.2. The number of nitrogens with zero attached hydrogens (tertiary/aromatic N) is 1. The highest BCUT2D eigenvalue weighted by Crippen LogP contribution is 2.30. The van der Waals surface area contributed by atoms with E-state index in [1.54, 1.807) is 25.3 Å². The van der Waals surface area contributed by atoms with E-state index >= 15 is 0 Å². The van der Waals surface area contributed by atoms with E-state index in [0.717, 1.165) is 11.1 Å². The van der Waals surface area contributed by atoms with Crippen LogP contribution in [-0.2, 0) is 6.61 Å². The molecule has 0 amide bonds. The fourth-order valence-corrected chi connectivity index (χ4v) is 1.69. The minimum atomic E-state index is -0.0697. The lowest BCUT2D eigenvalue weighted by atomic mass is 10.1. The molecule has 18 heavy (non-hydrogen) atoms. The van der Waals surface area contributed by atoms with Crippen molar-refractivity contribution in [3.05, 3.63) is 35.5 Å². The van der Waals surface area contributed by atoms with E-state index in [-0.39, 0.29) is 12.4 Å². The van der Waals surface area contributed by atoms with E-state index in [4.69, 9.17) is 9.84 Å². The SMILES string of the molecule is COc1cc(CO)ccc1-c1cc(C(C)=O)[nH]n1. The number of carbonyl (C=O) groups is 1. The Morgan fingerprint density at radius 3 is 2.78 bits per heavy atom. The second-order valence-electron chi connectivity index (χ2n) is 3.92. The molecule has 0 aliphatic heterocycles. The molecular weight excluding hydrogens is 232 g/mol. The number of aliphatic hydroxyl groups is 1. The number of H-pyrrole nitrogens is 1. The number of aromatic nitrogens is 2. The third kappa shape index (κ3) is 2.26. The standard InChI is InChI=1S/C13H14N2O3/c1-8(17)11-6-12(15-14-11)10-4-3-9(7-16)5-13(10)18-2/h3-6,16H,7H2,1-2H3,(H,14,15). The molecule has 0 fully saturated rings. The Kier molecular flexibility index (Phi) is 3.43.